The molecule has 0 saturated heterocycles. The SMILES string of the molecule is COc1ccc(F)c(-c2ncc(CO[Si](C)(C)C(C)(C)C)cc2OS(=O)(=O)C(F)(F)F)c1. The number of aromatic nitrogens is 1. The molecule has 0 saturated carbocycles. The molecule has 2 rings (SSSR count). The Labute approximate surface area is 185 Å². The molecule has 0 fully saturated rings. The van der Waals surface area contributed by atoms with Crippen LogP contribution in [0, 0.1) is 5.82 Å². The third-order valence-corrected chi connectivity index (χ3v) is 10.7. The van der Waals surface area contributed by atoms with Crippen LogP contribution in [-0.2, 0) is 21.2 Å². The van der Waals surface area contributed by atoms with E-state index in [4.69, 9.17) is 9.16 Å². The van der Waals surface area contributed by atoms with Crippen molar-refractivity contribution in [1.29, 1.82) is 0 Å². The van der Waals surface area contributed by atoms with E-state index in [1.54, 1.807) is 0 Å². The molecular formula is C20H25F4NO5SSi. The summed E-state index contributed by atoms with van der Waals surface area (Å²) < 4.78 is 91.9. The van der Waals surface area contributed by atoms with Gasteiger partial charge in [0.05, 0.1) is 13.7 Å². The zero-order valence-electron chi connectivity index (χ0n) is 18.5. The zero-order chi connectivity index (χ0) is 24.5. The number of alkyl halides is 3. The van der Waals surface area contributed by atoms with E-state index < -0.39 is 41.2 Å². The minimum atomic E-state index is -6.02. The summed E-state index contributed by atoms with van der Waals surface area (Å²) in [5.74, 6) is -1.43. The summed E-state index contributed by atoms with van der Waals surface area (Å²) in [6.45, 7) is 9.95. The third kappa shape index (κ3) is 5.78. The van der Waals surface area contributed by atoms with Gasteiger partial charge >= 0.3 is 15.6 Å². The summed E-state index contributed by atoms with van der Waals surface area (Å²) in [4.78, 5) is 4.00. The van der Waals surface area contributed by atoms with Gasteiger partial charge < -0.3 is 13.3 Å². The molecular weight excluding hydrogens is 470 g/mol. The summed E-state index contributed by atoms with van der Waals surface area (Å²) in [5, 5.41) is -0.136. The Bertz CT molecular complexity index is 1080. The molecule has 1 aromatic carbocycles. The molecule has 12 heteroatoms. The van der Waals surface area contributed by atoms with Crippen molar-refractivity contribution in [2.75, 3.05) is 7.11 Å². The first kappa shape index (κ1) is 26.1. The fourth-order valence-corrected chi connectivity index (χ4v) is 3.71. The van der Waals surface area contributed by atoms with E-state index in [1.807, 2.05) is 33.9 Å². The molecule has 178 valence electrons. The van der Waals surface area contributed by atoms with Crippen molar-refractivity contribution in [1.82, 2.24) is 4.98 Å². The normalized spacial score (nSPS) is 13.2. The minimum Gasteiger partial charge on any atom is -0.497 e. The van der Waals surface area contributed by atoms with Crippen LogP contribution in [0.15, 0.2) is 30.5 Å². The van der Waals surface area contributed by atoms with Gasteiger partial charge in [0, 0.05) is 11.8 Å². The van der Waals surface area contributed by atoms with Crippen LogP contribution in [0.2, 0.25) is 18.1 Å². The molecule has 1 heterocycles. The standard InChI is InChI=1S/C20H25F4NO5SSi/c1-19(2,3)32(5,6)29-12-13-9-17(30-31(26,27)20(22,23)24)18(25-11-13)15-10-14(28-4)7-8-16(15)21/h7-11H,12H2,1-6H3. The van der Waals surface area contributed by atoms with Gasteiger partial charge in [0.2, 0.25) is 0 Å². The van der Waals surface area contributed by atoms with Crippen LogP contribution >= 0.6 is 0 Å². The Morgan fingerprint density at radius 3 is 2.25 bits per heavy atom. The summed E-state index contributed by atoms with van der Waals surface area (Å²) >= 11 is 0. The molecule has 0 spiro atoms. The lowest BCUT2D eigenvalue weighted by molar-refractivity contribution is -0.0500. The highest BCUT2D eigenvalue weighted by Crippen LogP contribution is 2.39. The van der Waals surface area contributed by atoms with Crippen molar-refractivity contribution in [3.63, 3.8) is 0 Å². The van der Waals surface area contributed by atoms with E-state index in [1.165, 1.54) is 25.4 Å². The topological polar surface area (TPSA) is 74.7 Å². The van der Waals surface area contributed by atoms with Gasteiger partial charge in [-0.15, -0.1) is 0 Å². The van der Waals surface area contributed by atoms with E-state index in [0.29, 0.717) is 0 Å². The number of ether oxygens (including phenoxy) is 1. The second kappa shape index (κ2) is 8.98. The number of hydrogen-bond donors (Lipinski definition) is 0. The van der Waals surface area contributed by atoms with Crippen molar-refractivity contribution in [2.45, 2.75) is 51.0 Å². The first-order valence-electron chi connectivity index (χ1n) is 9.46. The number of pyridine rings is 1. The fourth-order valence-electron chi connectivity index (χ4n) is 2.29. The molecule has 0 N–H and O–H groups in total. The first-order valence-corrected chi connectivity index (χ1v) is 13.8. The molecule has 0 amide bonds. The number of rotatable bonds is 7. The number of methoxy groups -OCH3 is 1. The fraction of sp³-hybridized carbons (Fsp3) is 0.450. The van der Waals surface area contributed by atoms with Crippen LogP contribution in [-0.4, -0.2) is 34.3 Å². The zero-order valence-corrected chi connectivity index (χ0v) is 20.3. The number of halogens is 4. The van der Waals surface area contributed by atoms with E-state index in [2.05, 4.69) is 9.17 Å². The van der Waals surface area contributed by atoms with E-state index >= 15 is 0 Å². The van der Waals surface area contributed by atoms with Crippen molar-refractivity contribution >= 4 is 18.4 Å². The van der Waals surface area contributed by atoms with E-state index in [0.717, 1.165) is 12.1 Å². The molecule has 0 aliphatic rings. The van der Waals surface area contributed by atoms with Crippen molar-refractivity contribution in [3.8, 4) is 22.8 Å². The molecule has 2 aromatic rings. The highest BCUT2D eigenvalue weighted by atomic mass is 32.2. The van der Waals surface area contributed by atoms with Crippen LogP contribution in [0.5, 0.6) is 11.5 Å². The number of benzene rings is 1. The van der Waals surface area contributed by atoms with Crippen molar-refractivity contribution in [3.05, 3.63) is 41.8 Å². The van der Waals surface area contributed by atoms with Crippen LogP contribution in [0.1, 0.15) is 26.3 Å². The van der Waals surface area contributed by atoms with Crippen LogP contribution in [0.25, 0.3) is 11.3 Å². The van der Waals surface area contributed by atoms with Gasteiger partial charge in [-0.05, 0) is 48.0 Å². The van der Waals surface area contributed by atoms with Crippen LogP contribution in [0.4, 0.5) is 17.6 Å². The smallest absolute Gasteiger partial charge is 0.497 e. The van der Waals surface area contributed by atoms with Crippen LogP contribution in [0.3, 0.4) is 0 Å². The quantitative estimate of drug-likeness (QED) is 0.214. The monoisotopic (exact) mass is 495 g/mol. The molecule has 32 heavy (non-hydrogen) atoms. The lowest BCUT2D eigenvalue weighted by Crippen LogP contribution is -2.40. The van der Waals surface area contributed by atoms with Gasteiger partial charge in [-0.1, -0.05) is 20.8 Å². The van der Waals surface area contributed by atoms with Gasteiger partial charge in [-0.2, -0.15) is 21.6 Å². The molecule has 0 atom stereocenters. The Balaban J connectivity index is 2.56. The maximum Gasteiger partial charge on any atom is 0.534 e. The minimum absolute atomic E-state index is 0.0349. The predicted octanol–water partition coefficient (Wildman–Crippen LogP) is 5.65. The first-order chi connectivity index (χ1) is 14.5. The van der Waals surface area contributed by atoms with Gasteiger partial charge in [0.25, 0.3) is 0 Å². The van der Waals surface area contributed by atoms with Gasteiger partial charge in [-0.3, -0.25) is 4.98 Å². The second-order valence-corrected chi connectivity index (χ2v) is 14.9. The van der Waals surface area contributed by atoms with Gasteiger partial charge in [0.15, 0.2) is 14.1 Å². The highest BCUT2D eigenvalue weighted by molar-refractivity contribution is 7.88. The Morgan fingerprint density at radius 2 is 1.72 bits per heavy atom. The molecule has 6 nitrogen and oxygen atoms in total. The van der Waals surface area contributed by atoms with E-state index in [9.17, 15) is 26.0 Å². The summed E-state index contributed by atoms with van der Waals surface area (Å²) in [5.41, 5.74) is -6.11. The van der Waals surface area contributed by atoms with Crippen molar-refractivity contribution in [2.24, 2.45) is 0 Å². The molecule has 0 radical (unpaired) electrons. The molecule has 0 bridgehead atoms. The second-order valence-electron chi connectivity index (χ2n) is 8.57. The maximum absolute atomic E-state index is 14.4. The molecule has 0 aliphatic heterocycles. The van der Waals surface area contributed by atoms with Crippen molar-refractivity contribution < 1.29 is 39.3 Å². The maximum atomic E-state index is 14.4. The average molecular weight is 496 g/mol. The summed E-state index contributed by atoms with van der Waals surface area (Å²) in [6.07, 6.45) is 1.27. The Kier molecular flexibility index (Phi) is 7.32. The van der Waals surface area contributed by atoms with Crippen LogP contribution < -0.4 is 8.92 Å². The Morgan fingerprint density at radius 1 is 1.09 bits per heavy atom. The lowest BCUT2D eigenvalue weighted by Gasteiger charge is -2.36. The third-order valence-electron chi connectivity index (χ3n) is 5.23. The summed E-state index contributed by atoms with van der Waals surface area (Å²) in [7, 11) is -6.93. The van der Waals surface area contributed by atoms with Gasteiger partial charge in [0.1, 0.15) is 17.3 Å². The molecule has 1 aromatic heterocycles. The van der Waals surface area contributed by atoms with E-state index in [-0.39, 0.29) is 28.5 Å². The lowest BCUT2D eigenvalue weighted by atomic mass is 10.1. The largest absolute Gasteiger partial charge is 0.534 e. The number of nitrogens with zero attached hydrogens (tertiary/aromatic N) is 1. The molecule has 0 unspecified atom stereocenters. The highest BCUT2D eigenvalue weighted by Gasteiger charge is 2.49. The number of hydrogen-bond acceptors (Lipinski definition) is 6. The molecule has 0 aliphatic carbocycles. The Hall–Kier alpha value is -2.18. The predicted molar refractivity (Wildman–Crippen MR) is 114 cm³/mol. The van der Waals surface area contributed by atoms with Gasteiger partial charge in [-0.25, -0.2) is 4.39 Å². The summed E-state index contributed by atoms with van der Waals surface area (Å²) in [6, 6.07) is 4.55. The average Bonchev–Trinajstić information content (AvgIpc) is 2.65.